The Morgan fingerprint density at radius 2 is 1.78 bits per heavy atom. The second-order valence-corrected chi connectivity index (χ2v) is 4.86. The highest BCUT2D eigenvalue weighted by molar-refractivity contribution is 5.98. The summed E-state index contributed by atoms with van der Waals surface area (Å²) in [4.78, 5) is 23.5. The lowest BCUT2D eigenvalue weighted by atomic mass is 10.1. The average molecular weight is 313 g/mol. The summed E-state index contributed by atoms with van der Waals surface area (Å²) in [6.07, 6.45) is 0. The third kappa shape index (κ3) is 4.57. The van der Waals surface area contributed by atoms with Crippen molar-refractivity contribution in [1.29, 1.82) is 0 Å². The van der Waals surface area contributed by atoms with E-state index < -0.39 is 5.97 Å². The second kappa shape index (κ2) is 7.98. The number of hydrogen-bond donors (Lipinski definition) is 1. The molecule has 2 aromatic carbocycles. The first kappa shape index (κ1) is 16.5. The molecule has 1 amide bonds. The number of rotatable bonds is 6. The third-order valence-corrected chi connectivity index (χ3v) is 3.05. The predicted molar refractivity (Wildman–Crippen MR) is 87.5 cm³/mol. The van der Waals surface area contributed by atoms with Crippen LogP contribution in [0.25, 0.3) is 0 Å². The Morgan fingerprint density at radius 3 is 2.43 bits per heavy atom. The van der Waals surface area contributed by atoms with Crippen LogP contribution in [0.4, 0.5) is 5.69 Å². The Balaban J connectivity index is 2.31. The average Bonchev–Trinajstić information content (AvgIpc) is 2.54. The van der Waals surface area contributed by atoms with E-state index in [9.17, 15) is 9.59 Å². The van der Waals surface area contributed by atoms with Gasteiger partial charge >= 0.3 is 5.97 Å². The molecule has 0 aliphatic heterocycles. The van der Waals surface area contributed by atoms with E-state index in [-0.39, 0.29) is 24.7 Å². The van der Waals surface area contributed by atoms with Crippen molar-refractivity contribution >= 4 is 17.6 Å². The van der Waals surface area contributed by atoms with Crippen LogP contribution < -0.4 is 10.1 Å². The third-order valence-electron chi connectivity index (χ3n) is 3.05. The summed E-state index contributed by atoms with van der Waals surface area (Å²) in [5.74, 6) is -0.414. The molecular weight excluding hydrogens is 294 g/mol. The van der Waals surface area contributed by atoms with Crippen molar-refractivity contribution in [3.63, 3.8) is 0 Å². The predicted octanol–water partition coefficient (Wildman–Crippen LogP) is 3.40. The smallest absolute Gasteiger partial charge is 0.341 e. The van der Waals surface area contributed by atoms with E-state index in [1.165, 1.54) is 6.92 Å². The lowest BCUT2D eigenvalue weighted by Gasteiger charge is -2.15. The summed E-state index contributed by atoms with van der Waals surface area (Å²) in [5, 5.41) is 2.68. The lowest BCUT2D eigenvalue weighted by Crippen LogP contribution is -2.12. The largest absolute Gasteiger partial charge is 0.486 e. The van der Waals surface area contributed by atoms with Gasteiger partial charge in [0, 0.05) is 6.92 Å². The summed E-state index contributed by atoms with van der Waals surface area (Å²) >= 11 is 0. The van der Waals surface area contributed by atoms with Gasteiger partial charge in [-0.05, 0) is 24.6 Å². The van der Waals surface area contributed by atoms with Crippen LogP contribution in [0.2, 0.25) is 0 Å². The number of amides is 1. The summed E-state index contributed by atoms with van der Waals surface area (Å²) in [5.41, 5.74) is 1.69. The van der Waals surface area contributed by atoms with E-state index in [0.717, 1.165) is 5.56 Å². The molecule has 23 heavy (non-hydrogen) atoms. The zero-order valence-electron chi connectivity index (χ0n) is 13.2. The minimum atomic E-state index is -0.484. The highest BCUT2D eigenvalue weighted by atomic mass is 16.5. The van der Waals surface area contributed by atoms with Crippen LogP contribution in [0.15, 0.2) is 48.5 Å². The van der Waals surface area contributed by atoms with Crippen LogP contribution in [0.1, 0.15) is 29.8 Å². The van der Waals surface area contributed by atoms with Gasteiger partial charge in [-0.2, -0.15) is 0 Å². The molecule has 5 heteroatoms. The fourth-order valence-electron chi connectivity index (χ4n) is 2.08. The minimum absolute atomic E-state index is 0.240. The van der Waals surface area contributed by atoms with Crippen molar-refractivity contribution in [1.82, 2.24) is 0 Å². The van der Waals surface area contributed by atoms with Crippen molar-refractivity contribution in [2.75, 3.05) is 11.9 Å². The van der Waals surface area contributed by atoms with E-state index in [1.54, 1.807) is 25.1 Å². The molecule has 0 heterocycles. The van der Waals surface area contributed by atoms with Crippen LogP contribution in [0.3, 0.4) is 0 Å². The highest BCUT2D eigenvalue weighted by Crippen LogP contribution is 2.30. The Labute approximate surface area is 135 Å². The number of para-hydroxylation sites is 1. The molecule has 0 spiro atoms. The first-order valence-corrected chi connectivity index (χ1v) is 7.36. The normalized spacial score (nSPS) is 10.0. The number of carbonyl (C=O) groups is 2. The molecule has 0 atom stereocenters. The molecule has 0 saturated carbocycles. The fraction of sp³-hybridized carbons (Fsp3) is 0.222. The van der Waals surface area contributed by atoms with E-state index in [0.29, 0.717) is 11.4 Å². The zero-order chi connectivity index (χ0) is 16.7. The highest BCUT2D eigenvalue weighted by Gasteiger charge is 2.18. The summed E-state index contributed by atoms with van der Waals surface area (Å²) in [6.45, 7) is 3.68. The van der Waals surface area contributed by atoms with Gasteiger partial charge in [-0.25, -0.2) is 4.79 Å². The molecule has 0 aliphatic carbocycles. The van der Waals surface area contributed by atoms with Crippen LogP contribution in [-0.4, -0.2) is 18.5 Å². The van der Waals surface area contributed by atoms with Crippen LogP contribution >= 0.6 is 0 Å². The van der Waals surface area contributed by atoms with Gasteiger partial charge < -0.3 is 14.8 Å². The lowest BCUT2D eigenvalue weighted by molar-refractivity contribution is -0.114. The SMILES string of the molecule is CCOC(=O)c1cccc(NC(C)=O)c1OCc1ccccc1. The van der Waals surface area contributed by atoms with E-state index in [1.807, 2.05) is 30.3 Å². The van der Waals surface area contributed by atoms with E-state index >= 15 is 0 Å². The van der Waals surface area contributed by atoms with Gasteiger partial charge in [-0.1, -0.05) is 36.4 Å². The van der Waals surface area contributed by atoms with Crippen molar-refractivity contribution < 1.29 is 19.1 Å². The van der Waals surface area contributed by atoms with Crippen LogP contribution in [0.5, 0.6) is 5.75 Å². The number of hydrogen-bond acceptors (Lipinski definition) is 4. The number of esters is 1. The van der Waals surface area contributed by atoms with Gasteiger partial charge in [0.15, 0.2) is 5.75 Å². The maximum Gasteiger partial charge on any atom is 0.341 e. The van der Waals surface area contributed by atoms with Gasteiger partial charge in [-0.15, -0.1) is 0 Å². The summed E-state index contributed by atoms with van der Waals surface area (Å²) in [7, 11) is 0. The molecule has 0 unspecified atom stereocenters. The van der Waals surface area contributed by atoms with Gasteiger partial charge in [0.1, 0.15) is 12.2 Å². The molecule has 2 aromatic rings. The molecule has 0 aromatic heterocycles. The molecule has 0 fully saturated rings. The Bertz CT molecular complexity index is 683. The second-order valence-electron chi connectivity index (χ2n) is 4.86. The number of benzene rings is 2. The van der Waals surface area contributed by atoms with Gasteiger partial charge in [0.2, 0.25) is 5.91 Å². The molecule has 0 aliphatic rings. The van der Waals surface area contributed by atoms with E-state index in [4.69, 9.17) is 9.47 Å². The van der Waals surface area contributed by atoms with Gasteiger partial charge in [0.25, 0.3) is 0 Å². The van der Waals surface area contributed by atoms with Gasteiger partial charge in [-0.3, -0.25) is 4.79 Å². The monoisotopic (exact) mass is 313 g/mol. The Hall–Kier alpha value is -2.82. The summed E-state index contributed by atoms with van der Waals surface area (Å²) in [6, 6.07) is 14.5. The van der Waals surface area contributed by atoms with Crippen molar-refractivity contribution in [3.05, 3.63) is 59.7 Å². The summed E-state index contributed by atoms with van der Waals surface area (Å²) < 4.78 is 10.9. The van der Waals surface area contributed by atoms with Crippen LogP contribution in [-0.2, 0) is 16.1 Å². The number of anilines is 1. The minimum Gasteiger partial charge on any atom is -0.486 e. The number of nitrogens with one attached hydrogen (secondary N) is 1. The molecule has 0 radical (unpaired) electrons. The maximum absolute atomic E-state index is 12.1. The topological polar surface area (TPSA) is 64.6 Å². The number of ether oxygens (including phenoxy) is 2. The number of carbonyl (C=O) groups excluding carboxylic acids is 2. The standard InChI is InChI=1S/C18H19NO4/c1-3-22-18(21)15-10-7-11-16(19-13(2)20)17(15)23-12-14-8-5-4-6-9-14/h4-11H,3,12H2,1-2H3,(H,19,20). The molecular formula is C18H19NO4. The molecule has 1 N–H and O–H groups in total. The molecule has 0 saturated heterocycles. The molecule has 120 valence electrons. The van der Waals surface area contributed by atoms with Gasteiger partial charge in [0.05, 0.1) is 12.3 Å². The molecule has 0 bridgehead atoms. The van der Waals surface area contributed by atoms with Crippen LogP contribution in [0, 0.1) is 0 Å². The fourth-order valence-corrected chi connectivity index (χ4v) is 2.08. The maximum atomic E-state index is 12.1. The Morgan fingerprint density at radius 1 is 1.04 bits per heavy atom. The zero-order valence-corrected chi connectivity index (χ0v) is 13.2. The molecule has 2 rings (SSSR count). The van der Waals surface area contributed by atoms with Crippen molar-refractivity contribution in [2.45, 2.75) is 20.5 Å². The van der Waals surface area contributed by atoms with Crippen molar-refractivity contribution in [3.8, 4) is 5.75 Å². The quantitative estimate of drug-likeness (QED) is 0.830. The van der Waals surface area contributed by atoms with E-state index in [2.05, 4.69) is 5.32 Å². The first-order chi connectivity index (χ1) is 11.1. The first-order valence-electron chi connectivity index (χ1n) is 7.36. The molecule has 5 nitrogen and oxygen atoms in total. The van der Waals surface area contributed by atoms with Crippen molar-refractivity contribution in [2.24, 2.45) is 0 Å². The Kier molecular flexibility index (Phi) is 5.74.